The number of benzene rings is 2. The third-order valence-corrected chi connectivity index (χ3v) is 5.53. The normalized spacial score (nSPS) is 9.69. The van der Waals surface area contributed by atoms with Crippen LogP contribution in [0.1, 0.15) is 38.3 Å². The maximum atomic E-state index is 11.9. The summed E-state index contributed by atoms with van der Waals surface area (Å²) in [4.78, 5) is 30.2. The van der Waals surface area contributed by atoms with Crippen LogP contribution < -0.4 is 5.73 Å². The summed E-state index contributed by atoms with van der Waals surface area (Å²) < 4.78 is 1.72. The molecule has 0 saturated heterocycles. The molecule has 6 nitrogen and oxygen atoms in total. The molecule has 0 unspecified atom stereocenters. The van der Waals surface area contributed by atoms with Crippen molar-refractivity contribution in [3.8, 4) is 0 Å². The zero-order valence-corrected chi connectivity index (χ0v) is 22.0. The Balaban J connectivity index is 0.000000204. The summed E-state index contributed by atoms with van der Waals surface area (Å²) in [7, 11) is 0. The van der Waals surface area contributed by atoms with Gasteiger partial charge >= 0.3 is 5.97 Å². The lowest BCUT2D eigenvalue weighted by Gasteiger charge is -2.02. The molecule has 0 amide bonds. The Morgan fingerprint density at radius 2 is 1.31 bits per heavy atom. The van der Waals surface area contributed by atoms with Crippen LogP contribution in [0.5, 0.6) is 0 Å². The number of aryl methyl sites for hydroxylation is 1. The second kappa shape index (κ2) is 15.7. The highest BCUT2D eigenvalue weighted by Crippen LogP contribution is 2.14. The van der Waals surface area contributed by atoms with Crippen molar-refractivity contribution in [3.05, 3.63) is 129 Å². The van der Waals surface area contributed by atoms with E-state index in [0.717, 1.165) is 32.1 Å². The van der Waals surface area contributed by atoms with Gasteiger partial charge < -0.3 is 10.8 Å². The fourth-order valence-corrected chi connectivity index (χ4v) is 3.55. The fourth-order valence-electron chi connectivity index (χ4n) is 2.75. The van der Waals surface area contributed by atoms with Crippen LogP contribution in [0, 0.1) is 0 Å². The number of carbonyl (C=O) groups excluding carboxylic acids is 1. The number of Topliss-reactive ketones (excluding diaryl/α,β-unsaturated/α-hetero) is 1. The predicted molar refractivity (Wildman–Crippen MR) is 144 cm³/mol. The minimum Gasteiger partial charge on any atom is -0.478 e. The molecule has 0 atom stereocenters. The first kappa shape index (κ1) is 28.0. The average molecular weight is 599 g/mol. The predicted octanol–water partition coefficient (Wildman–Crippen LogP) is 6.35. The Hall–Kier alpha value is -3.20. The molecule has 2 aromatic heterocycles. The summed E-state index contributed by atoms with van der Waals surface area (Å²) in [5.41, 5.74) is 8.53. The summed E-state index contributed by atoms with van der Waals surface area (Å²) in [6.45, 7) is 0.577. The average Bonchev–Trinajstić information content (AvgIpc) is 2.89. The molecule has 35 heavy (non-hydrogen) atoms. The number of pyridine rings is 2. The molecule has 0 aliphatic rings. The van der Waals surface area contributed by atoms with Crippen molar-refractivity contribution >= 4 is 43.6 Å². The van der Waals surface area contributed by atoms with E-state index in [0.29, 0.717) is 18.5 Å². The van der Waals surface area contributed by atoms with E-state index >= 15 is 0 Å². The Bertz CT molecular complexity index is 1210. The van der Waals surface area contributed by atoms with Gasteiger partial charge in [-0.15, -0.1) is 0 Å². The van der Waals surface area contributed by atoms with Crippen molar-refractivity contribution in [1.29, 1.82) is 0 Å². The highest BCUT2D eigenvalue weighted by molar-refractivity contribution is 9.10. The number of nitrogens with two attached hydrogens (primary N) is 1. The molecule has 180 valence electrons. The van der Waals surface area contributed by atoms with Crippen molar-refractivity contribution < 1.29 is 14.7 Å². The molecule has 0 radical (unpaired) electrons. The van der Waals surface area contributed by atoms with Crippen LogP contribution in [0.4, 0.5) is 0 Å². The summed E-state index contributed by atoms with van der Waals surface area (Å²) in [5.74, 6) is -0.739. The Morgan fingerprint density at radius 3 is 1.74 bits per heavy atom. The molecule has 0 spiro atoms. The van der Waals surface area contributed by atoms with E-state index in [1.54, 1.807) is 49.1 Å². The van der Waals surface area contributed by atoms with Gasteiger partial charge in [0.25, 0.3) is 0 Å². The number of hydrogen-bond acceptors (Lipinski definition) is 5. The zero-order valence-electron chi connectivity index (χ0n) is 18.9. The van der Waals surface area contributed by atoms with Gasteiger partial charge in [-0.1, -0.05) is 62.2 Å². The quantitative estimate of drug-likeness (QED) is 0.251. The van der Waals surface area contributed by atoms with Crippen molar-refractivity contribution in [2.24, 2.45) is 5.73 Å². The van der Waals surface area contributed by atoms with Gasteiger partial charge in [-0.2, -0.15) is 0 Å². The minimum absolute atomic E-state index is 0.162. The van der Waals surface area contributed by atoms with Gasteiger partial charge in [0.1, 0.15) is 0 Å². The van der Waals surface area contributed by atoms with E-state index in [1.165, 1.54) is 0 Å². The van der Waals surface area contributed by atoms with Gasteiger partial charge in [-0.3, -0.25) is 14.8 Å². The van der Waals surface area contributed by atoms with Crippen molar-refractivity contribution in [1.82, 2.24) is 9.97 Å². The maximum Gasteiger partial charge on any atom is 0.335 e. The number of aromatic carboxylic acids is 1. The third kappa shape index (κ3) is 11.2. The van der Waals surface area contributed by atoms with E-state index in [2.05, 4.69) is 41.8 Å². The molecular weight excluding hydrogens is 574 g/mol. The Labute approximate surface area is 221 Å². The number of ketones is 1. The van der Waals surface area contributed by atoms with Gasteiger partial charge in [0.05, 0.1) is 5.56 Å². The highest BCUT2D eigenvalue weighted by atomic mass is 79.9. The van der Waals surface area contributed by atoms with Crippen LogP contribution >= 0.6 is 31.9 Å². The van der Waals surface area contributed by atoms with Gasteiger partial charge in [0.15, 0.2) is 5.78 Å². The van der Waals surface area contributed by atoms with Crippen LogP contribution in [0.2, 0.25) is 0 Å². The Morgan fingerprint density at radius 1 is 0.771 bits per heavy atom. The number of aromatic nitrogens is 2. The molecule has 4 aromatic rings. The second-order valence-corrected chi connectivity index (χ2v) is 9.01. The topological polar surface area (TPSA) is 106 Å². The molecule has 0 aliphatic heterocycles. The first-order valence-electron chi connectivity index (χ1n) is 10.6. The number of halogens is 2. The number of nitrogens with zero attached hydrogens (tertiary/aromatic N) is 2. The minimum atomic E-state index is -0.902. The van der Waals surface area contributed by atoms with Crippen LogP contribution in [0.25, 0.3) is 0 Å². The van der Waals surface area contributed by atoms with Gasteiger partial charge in [0.2, 0.25) is 0 Å². The fraction of sp³-hybridized carbons (Fsp3) is 0.111. The number of carboxylic acid groups (broad SMARTS) is 1. The molecule has 0 saturated carbocycles. The summed E-state index contributed by atoms with van der Waals surface area (Å²) in [5, 5.41) is 8.49. The van der Waals surface area contributed by atoms with Crippen molar-refractivity contribution in [2.45, 2.75) is 19.4 Å². The molecule has 0 fully saturated rings. The van der Waals surface area contributed by atoms with Crippen LogP contribution in [-0.2, 0) is 13.0 Å². The molecule has 2 aromatic carbocycles. The number of carbonyl (C=O) groups is 2. The number of hydrogen-bond donors (Lipinski definition) is 2. The SMILES string of the molecule is NCc1cccnc1.O=C(CCc1cccnc1)c1cccc(Br)c1.O=C(O)c1cccc(Br)c1. The van der Waals surface area contributed by atoms with E-state index in [1.807, 2.05) is 48.5 Å². The lowest BCUT2D eigenvalue weighted by Crippen LogP contribution is -2.01. The first-order chi connectivity index (χ1) is 16.9. The summed E-state index contributed by atoms with van der Waals surface area (Å²) in [6.07, 6.45) is 8.29. The molecular formula is C27H25Br2N3O3. The van der Waals surface area contributed by atoms with Crippen LogP contribution in [0.15, 0.2) is 107 Å². The molecule has 0 bridgehead atoms. The Kier molecular flexibility index (Phi) is 12.5. The van der Waals surface area contributed by atoms with E-state index in [4.69, 9.17) is 10.8 Å². The molecule has 0 aliphatic carbocycles. The second-order valence-electron chi connectivity index (χ2n) is 7.18. The lowest BCUT2D eigenvalue weighted by molar-refractivity contribution is 0.0696. The number of rotatable bonds is 6. The molecule has 3 N–H and O–H groups in total. The number of carboxylic acids is 1. The third-order valence-electron chi connectivity index (χ3n) is 4.54. The van der Waals surface area contributed by atoms with E-state index in [9.17, 15) is 9.59 Å². The van der Waals surface area contributed by atoms with Crippen molar-refractivity contribution in [3.63, 3.8) is 0 Å². The largest absolute Gasteiger partial charge is 0.478 e. The van der Waals surface area contributed by atoms with Crippen molar-refractivity contribution in [2.75, 3.05) is 0 Å². The molecule has 2 heterocycles. The monoisotopic (exact) mass is 597 g/mol. The lowest BCUT2D eigenvalue weighted by atomic mass is 10.0. The smallest absolute Gasteiger partial charge is 0.335 e. The molecule has 4 rings (SSSR count). The highest BCUT2D eigenvalue weighted by Gasteiger charge is 2.06. The van der Waals surface area contributed by atoms with Gasteiger partial charge in [-0.25, -0.2) is 4.79 Å². The first-order valence-corrected chi connectivity index (χ1v) is 12.2. The zero-order chi connectivity index (χ0) is 25.5. The standard InChI is InChI=1S/C14H12BrNO.C7H5BrO2.C6H8N2/c15-13-5-1-4-12(9-13)14(17)7-6-11-3-2-8-16-10-11;8-6-3-1-2-5(4-6)7(9)10;7-4-6-2-1-3-8-5-6/h1-5,8-10H,6-7H2;1-4H,(H,9,10);1-3,5H,4,7H2. The summed E-state index contributed by atoms with van der Waals surface area (Å²) >= 11 is 6.53. The maximum absolute atomic E-state index is 11.9. The summed E-state index contributed by atoms with van der Waals surface area (Å²) in [6, 6.07) is 21.8. The van der Waals surface area contributed by atoms with Crippen LogP contribution in [-0.4, -0.2) is 26.8 Å². The van der Waals surface area contributed by atoms with Gasteiger partial charge in [0, 0.05) is 52.3 Å². The van der Waals surface area contributed by atoms with Gasteiger partial charge in [-0.05, 0) is 60.0 Å². The van der Waals surface area contributed by atoms with Crippen LogP contribution in [0.3, 0.4) is 0 Å². The molecule has 8 heteroatoms. The van der Waals surface area contributed by atoms with E-state index in [-0.39, 0.29) is 5.78 Å². The van der Waals surface area contributed by atoms with E-state index < -0.39 is 5.97 Å².